The van der Waals surface area contributed by atoms with Crippen molar-refractivity contribution in [1.29, 1.82) is 0 Å². The number of nitrogens with zero attached hydrogens (tertiary/aromatic N) is 2. The molecule has 3 rings (SSSR count). The van der Waals surface area contributed by atoms with E-state index >= 15 is 0 Å². The van der Waals surface area contributed by atoms with Crippen LogP contribution in [-0.4, -0.2) is 39.6 Å². The van der Waals surface area contributed by atoms with Crippen LogP contribution in [0, 0.1) is 5.82 Å². The largest absolute Gasteiger partial charge is 0.389 e. The monoisotopic (exact) mass is 330 g/mol. The van der Waals surface area contributed by atoms with E-state index < -0.39 is 5.60 Å². The lowest BCUT2D eigenvalue weighted by molar-refractivity contribution is 0.0315. The van der Waals surface area contributed by atoms with Gasteiger partial charge in [-0.1, -0.05) is 0 Å². The standard InChI is InChI=1S/C19H23FN2O2/c1-4-22(11-19(2,3)24)18(23)15-10-17(12-5-6-12)21-16-8-7-13(20)9-14(15)16/h7-10,12,24H,4-6,11H2,1-3H3. The molecule has 1 aromatic heterocycles. The number of benzene rings is 1. The van der Waals surface area contributed by atoms with Gasteiger partial charge < -0.3 is 10.0 Å². The summed E-state index contributed by atoms with van der Waals surface area (Å²) in [5.74, 6) is -0.182. The van der Waals surface area contributed by atoms with Gasteiger partial charge in [0.1, 0.15) is 5.82 Å². The number of halogens is 1. The molecule has 5 heteroatoms. The van der Waals surface area contributed by atoms with Crippen LogP contribution in [-0.2, 0) is 0 Å². The fourth-order valence-corrected chi connectivity index (χ4v) is 2.95. The lowest BCUT2D eigenvalue weighted by Crippen LogP contribution is -2.42. The fourth-order valence-electron chi connectivity index (χ4n) is 2.95. The lowest BCUT2D eigenvalue weighted by Gasteiger charge is -2.28. The Morgan fingerprint density at radius 3 is 2.67 bits per heavy atom. The Bertz CT molecular complexity index is 779. The summed E-state index contributed by atoms with van der Waals surface area (Å²) >= 11 is 0. The van der Waals surface area contributed by atoms with Gasteiger partial charge in [-0.05, 0) is 57.9 Å². The molecule has 1 aliphatic carbocycles. The third-order valence-corrected chi connectivity index (χ3v) is 4.26. The van der Waals surface area contributed by atoms with Crippen molar-refractivity contribution < 1.29 is 14.3 Å². The molecule has 1 heterocycles. The van der Waals surface area contributed by atoms with E-state index in [-0.39, 0.29) is 18.3 Å². The summed E-state index contributed by atoms with van der Waals surface area (Å²) in [5, 5.41) is 10.6. The number of carbonyl (C=O) groups excluding carboxylic acids is 1. The van der Waals surface area contributed by atoms with Gasteiger partial charge in [-0.25, -0.2) is 4.39 Å². The number of pyridine rings is 1. The van der Waals surface area contributed by atoms with E-state index in [2.05, 4.69) is 4.98 Å². The van der Waals surface area contributed by atoms with Crippen LogP contribution in [0.25, 0.3) is 10.9 Å². The van der Waals surface area contributed by atoms with Crippen LogP contribution in [0.2, 0.25) is 0 Å². The molecular weight excluding hydrogens is 307 g/mol. The van der Waals surface area contributed by atoms with Gasteiger partial charge in [0.15, 0.2) is 0 Å². The zero-order valence-corrected chi connectivity index (χ0v) is 14.3. The predicted molar refractivity (Wildman–Crippen MR) is 91.6 cm³/mol. The highest BCUT2D eigenvalue weighted by Crippen LogP contribution is 2.40. The number of rotatable bonds is 5. The number of aliphatic hydroxyl groups is 1. The van der Waals surface area contributed by atoms with Gasteiger partial charge in [-0.2, -0.15) is 0 Å². The van der Waals surface area contributed by atoms with Crippen molar-refractivity contribution in [2.45, 2.75) is 45.1 Å². The predicted octanol–water partition coefficient (Wildman–Crippen LogP) is 3.48. The van der Waals surface area contributed by atoms with Crippen molar-refractivity contribution in [3.05, 3.63) is 41.3 Å². The summed E-state index contributed by atoms with van der Waals surface area (Å²) < 4.78 is 13.7. The first-order valence-electron chi connectivity index (χ1n) is 8.40. The summed E-state index contributed by atoms with van der Waals surface area (Å²) in [6.45, 7) is 5.90. The summed E-state index contributed by atoms with van der Waals surface area (Å²) in [7, 11) is 0. The second kappa shape index (κ2) is 6.13. The molecule has 1 aromatic carbocycles. The Morgan fingerprint density at radius 2 is 2.08 bits per heavy atom. The van der Waals surface area contributed by atoms with E-state index in [1.807, 2.05) is 6.92 Å². The van der Waals surface area contributed by atoms with Crippen LogP contribution in [0.3, 0.4) is 0 Å². The zero-order chi connectivity index (χ0) is 17.5. The summed E-state index contributed by atoms with van der Waals surface area (Å²) in [4.78, 5) is 19.2. The van der Waals surface area contributed by atoms with Crippen molar-refractivity contribution >= 4 is 16.8 Å². The third-order valence-electron chi connectivity index (χ3n) is 4.26. The van der Waals surface area contributed by atoms with Crippen molar-refractivity contribution in [3.63, 3.8) is 0 Å². The first-order chi connectivity index (χ1) is 11.3. The van der Waals surface area contributed by atoms with E-state index in [1.54, 1.807) is 30.9 Å². The van der Waals surface area contributed by atoms with Gasteiger partial charge in [-0.15, -0.1) is 0 Å². The van der Waals surface area contributed by atoms with Crippen LogP contribution in [0.15, 0.2) is 24.3 Å². The molecule has 0 aliphatic heterocycles. The van der Waals surface area contributed by atoms with Crippen molar-refractivity contribution in [1.82, 2.24) is 9.88 Å². The smallest absolute Gasteiger partial charge is 0.254 e. The van der Waals surface area contributed by atoms with Gasteiger partial charge in [-0.3, -0.25) is 9.78 Å². The SMILES string of the molecule is CCN(CC(C)(C)O)C(=O)c1cc(C2CC2)nc2ccc(F)cc12. The maximum Gasteiger partial charge on any atom is 0.254 e. The van der Waals surface area contributed by atoms with Crippen LogP contribution in [0.4, 0.5) is 4.39 Å². The molecule has 2 aromatic rings. The van der Waals surface area contributed by atoms with Crippen LogP contribution < -0.4 is 0 Å². The van der Waals surface area contributed by atoms with Crippen molar-refractivity contribution in [3.8, 4) is 0 Å². The minimum absolute atomic E-state index is 0.195. The van der Waals surface area contributed by atoms with E-state index in [1.165, 1.54) is 12.1 Å². The Labute approximate surface area is 141 Å². The van der Waals surface area contributed by atoms with Gasteiger partial charge in [0.25, 0.3) is 5.91 Å². The first-order valence-corrected chi connectivity index (χ1v) is 8.40. The molecule has 0 atom stereocenters. The van der Waals surface area contributed by atoms with E-state index in [9.17, 15) is 14.3 Å². The molecule has 1 aliphatic rings. The minimum Gasteiger partial charge on any atom is -0.389 e. The Kier molecular flexibility index (Phi) is 4.30. The second-order valence-corrected chi connectivity index (χ2v) is 7.16. The van der Waals surface area contributed by atoms with Crippen molar-refractivity contribution in [2.24, 2.45) is 0 Å². The molecule has 0 unspecified atom stereocenters. The first kappa shape index (κ1) is 16.8. The quantitative estimate of drug-likeness (QED) is 0.913. The molecule has 1 N–H and O–H groups in total. The number of carbonyl (C=O) groups is 1. The minimum atomic E-state index is -0.987. The zero-order valence-electron chi connectivity index (χ0n) is 14.3. The molecule has 0 spiro atoms. The number of hydrogen-bond donors (Lipinski definition) is 1. The highest BCUT2D eigenvalue weighted by atomic mass is 19.1. The third kappa shape index (κ3) is 3.56. The van der Waals surface area contributed by atoms with Gasteiger partial charge in [0.2, 0.25) is 0 Å². The average molecular weight is 330 g/mol. The molecule has 24 heavy (non-hydrogen) atoms. The summed E-state index contributed by atoms with van der Waals surface area (Å²) in [5.41, 5.74) is 1.02. The highest BCUT2D eigenvalue weighted by Gasteiger charge is 2.29. The normalized spacial score (nSPS) is 14.9. The van der Waals surface area contributed by atoms with E-state index in [4.69, 9.17) is 0 Å². The molecule has 1 saturated carbocycles. The fraction of sp³-hybridized carbons (Fsp3) is 0.474. The summed E-state index contributed by atoms with van der Waals surface area (Å²) in [6, 6.07) is 6.16. The lowest BCUT2D eigenvalue weighted by atomic mass is 10.0. The molecule has 0 saturated heterocycles. The summed E-state index contributed by atoms with van der Waals surface area (Å²) in [6.07, 6.45) is 2.16. The molecule has 0 radical (unpaired) electrons. The number of hydrogen-bond acceptors (Lipinski definition) is 3. The van der Waals surface area contributed by atoms with Crippen LogP contribution >= 0.6 is 0 Å². The maximum absolute atomic E-state index is 13.7. The van der Waals surface area contributed by atoms with E-state index in [0.29, 0.717) is 28.9 Å². The topological polar surface area (TPSA) is 53.4 Å². The molecule has 1 fully saturated rings. The van der Waals surface area contributed by atoms with Gasteiger partial charge in [0, 0.05) is 30.1 Å². The Hall–Kier alpha value is -2.01. The number of likely N-dealkylation sites (N-methyl/N-ethyl adjacent to an activating group) is 1. The number of amides is 1. The number of aromatic nitrogens is 1. The van der Waals surface area contributed by atoms with Crippen LogP contribution in [0.1, 0.15) is 55.6 Å². The maximum atomic E-state index is 13.7. The highest BCUT2D eigenvalue weighted by molar-refractivity contribution is 6.06. The number of fused-ring (bicyclic) bond motifs is 1. The van der Waals surface area contributed by atoms with Crippen molar-refractivity contribution in [2.75, 3.05) is 13.1 Å². The van der Waals surface area contributed by atoms with Gasteiger partial charge >= 0.3 is 0 Å². The molecule has 0 bridgehead atoms. The molecule has 128 valence electrons. The second-order valence-electron chi connectivity index (χ2n) is 7.16. The van der Waals surface area contributed by atoms with Crippen LogP contribution in [0.5, 0.6) is 0 Å². The Morgan fingerprint density at radius 1 is 1.38 bits per heavy atom. The Balaban J connectivity index is 2.08. The van der Waals surface area contributed by atoms with Gasteiger partial charge in [0.05, 0.1) is 16.7 Å². The molecule has 1 amide bonds. The van der Waals surface area contributed by atoms with E-state index in [0.717, 1.165) is 18.5 Å². The molecular formula is C19H23FN2O2. The average Bonchev–Trinajstić information content (AvgIpc) is 3.35. The molecule has 4 nitrogen and oxygen atoms in total.